The van der Waals surface area contributed by atoms with Crippen molar-refractivity contribution in [2.75, 3.05) is 32.8 Å². The van der Waals surface area contributed by atoms with E-state index in [1.165, 1.54) is 57.7 Å². The topological polar surface area (TPSA) is 133 Å². The van der Waals surface area contributed by atoms with Crippen LogP contribution in [0.3, 0.4) is 0 Å². The fourth-order valence-corrected chi connectivity index (χ4v) is 3.41. The Hall–Kier alpha value is -4.12. The lowest BCUT2D eigenvalue weighted by atomic mass is 10.1. The molecule has 3 amide bonds. The van der Waals surface area contributed by atoms with Gasteiger partial charge in [0, 0.05) is 5.56 Å². The third kappa shape index (κ3) is 4.94. The number of hydrogen-bond donors (Lipinski definition) is 2. The van der Waals surface area contributed by atoms with Crippen LogP contribution < -0.4 is 30.0 Å². The largest absolute Gasteiger partial charge is 0.493 e. The van der Waals surface area contributed by atoms with Crippen LogP contribution >= 0.6 is 0 Å². The summed E-state index contributed by atoms with van der Waals surface area (Å²) in [6.45, 7) is 1.93. The number of hydrazine groups is 1. The van der Waals surface area contributed by atoms with E-state index in [1.807, 2.05) is 0 Å². The van der Waals surface area contributed by atoms with Gasteiger partial charge in [0.2, 0.25) is 11.7 Å². The predicted octanol–water partition coefficient (Wildman–Crippen LogP) is 1.46. The number of rotatable bonds is 9. The summed E-state index contributed by atoms with van der Waals surface area (Å²) in [6, 6.07) is 7.86. The number of esters is 1. The minimum atomic E-state index is -0.969. The smallest absolute Gasteiger partial charge is 0.338 e. The molecule has 2 N–H and O–H groups in total. The Kier molecular flexibility index (Phi) is 7.69. The molecule has 1 atom stereocenters. The summed E-state index contributed by atoms with van der Waals surface area (Å²) in [5.74, 6) is -1.16. The molecule has 1 fully saturated rings. The molecule has 3 rings (SSSR count). The third-order valence-corrected chi connectivity index (χ3v) is 5.07. The molecule has 0 spiro atoms. The maximum absolute atomic E-state index is 12.8. The summed E-state index contributed by atoms with van der Waals surface area (Å²) in [5, 5.41) is 0. The second-order valence-electron chi connectivity index (χ2n) is 7.10. The van der Waals surface area contributed by atoms with E-state index in [4.69, 9.17) is 18.9 Å². The Labute approximate surface area is 195 Å². The zero-order valence-electron chi connectivity index (χ0n) is 19.2. The second-order valence-corrected chi connectivity index (χ2v) is 7.10. The highest BCUT2D eigenvalue weighted by Gasteiger charge is 2.39. The molecule has 0 saturated carbocycles. The molecule has 0 radical (unpaired) electrons. The van der Waals surface area contributed by atoms with Crippen LogP contribution in [0.15, 0.2) is 36.4 Å². The first-order valence-corrected chi connectivity index (χ1v) is 10.3. The van der Waals surface area contributed by atoms with E-state index in [0.717, 1.165) is 4.90 Å². The fraction of sp³-hybridized carbons (Fsp3) is 0.304. The van der Waals surface area contributed by atoms with Crippen LogP contribution in [0.5, 0.6) is 17.2 Å². The highest BCUT2D eigenvalue weighted by molar-refractivity contribution is 6.22. The average Bonchev–Trinajstić information content (AvgIpc) is 3.14. The van der Waals surface area contributed by atoms with Gasteiger partial charge >= 0.3 is 5.97 Å². The molecule has 1 aliphatic heterocycles. The van der Waals surface area contributed by atoms with Crippen molar-refractivity contribution in [3.05, 3.63) is 47.5 Å². The molecule has 34 heavy (non-hydrogen) atoms. The molecule has 1 saturated heterocycles. The summed E-state index contributed by atoms with van der Waals surface area (Å²) in [7, 11) is 4.29. The maximum Gasteiger partial charge on any atom is 0.338 e. The Bertz CT molecular complexity index is 1070. The molecule has 2 aromatic carbocycles. The van der Waals surface area contributed by atoms with Crippen molar-refractivity contribution < 1.29 is 38.1 Å². The van der Waals surface area contributed by atoms with Crippen LogP contribution in [0.2, 0.25) is 0 Å². The van der Waals surface area contributed by atoms with Gasteiger partial charge in [-0.2, -0.15) is 0 Å². The van der Waals surface area contributed by atoms with E-state index < -0.39 is 29.7 Å². The minimum absolute atomic E-state index is 0.159. The molecule has 1 aliphatic rings. The SMILES string of the molecule is CCOC(=O)c1ccc(N2C(=O)C[C@H](NNC(=O)c3cc(OC)c(OC)c(OC)c3)C2=O)cc1. The number of nitrogens with one attached hydrogen (secondary N) is 2. The van der Waals surface area contributed by atoms with Crippen molar-refractivity contribution in [1.82, 2.24) is 10.9 Å². The van der Waals surface area contributed by atoms with Crippen LogP contribution in [0, 0.1) is 0 Å². The Morgan fingerprint density at radius 3 is 2.12 bits per heavy atom. The molecule has 1 heterocycles. The quantitative estimate of drug-likeness (QED) is 0.317. The number of nitrogens with zero attached hydrogens (tertiary/aromatic N) is 1. The molecule has 0 bridgehead atoms. The number of amides is 3. The summed E-state index contributed by atoms with van der Waals surface area (Å²) in [4.78, 5) is 50.7. The Morgan fingerprint density at radius 2 is 1.59 bits per heavy atom. The number of methoxy groups -OCH3 is 3. The van der Waals surface area contributed by atoms with Crippen LogP contribution in [0.1, 0.15) is 34.1 Å². The Morgan fingerprint density at radius 1 is 0.971 bits per heavy atom. The second kappa shape index (κ2) is 10.7. The number of carbonyl (C=O) groups is 4. The first kappa shape index (κ1) is 24.5. The van der Waals surface area contributed by atoms with Crippen molar-refractivity contribution in [2.45, 2.75) is 19.4 Å². The van der Waals surface area contributed by atoms with Crippen LogP contribution in [-0.2, 0) is 14.3 Å². The highest BCUT2D eigenvalue weighted by Crippen LogP contribution is 2.38. The number of benzene rings is 2. The lowest BCUT2D eigenvalue weighted by molar-refractivity contribution is -0.121. The van der Waals surface area contributed by atoms with Gasteiger partial charge in [-0.15, -0.1) is 0 Å². The average molecular weight is 471 g/mol. The molecular weight excluding hydrogens is 446 g/mol. The summed E-state index contributed by atoms with van der Waals surface area (Å²) in [5.41, 5.74) is 5.85. The van der Waals surface area contributed by atoms with Crippen molar-refractivity contribution in [2.24, 2.45) is 0 Å². The van der Waals surface area contributed by atoms with Crippen molar-refractivity contribution >= 4 is 29.4 Å². The highest BCUT2D eigenvalue weighted by atomic mass is 16.5. The number of anilines is 1. The van der Waals surface area contributed by atoms with E-state index in [2.05, 4.69) is 10.9 Å². The Balaban J connectivity index is 1.69. The number of ether oxygens (including phenoxy) is 4. The van der Waals surface area contributed by atoms with Gasteiger partial charge in [0.15, 0.2) is 11.5 Å². The molecular formula is C23H25N3O8. The van der Waals surface area contributed by atoms with Crippen LogP contribution in [-0.4, -0.2) is 57.7 Å². The number of imide groups is 1. The number of carbonyl (C=O) groups excluding carboxylic acids is 4. The molecule has 0 aliphatic carbocycles. The van der Waals surface area contributed by atoms with Crippen LogP contribution in [0.25, 0.3) is 0 Å². The normalized spacial score (nSPS) is 15.2. The van der Waals surface area contributed by atoms with E-state index in [-0.39, 0.29) is 30.1 Å². The zero-order valence-corrected chi connectivity index (χ0v) is 19.2. The first-order valence-electron chi connectivity index (χ1n) is 10.3. The van der Waals surface area contributed by atoms with Gasteiger partial charge in [-0.1, -0.05) is 0 Å². The summed E-state index contributed by atoms with van der Waals surface area (Å²) >= 11 is 0. The lowest BCUT2D eigenvalue weighted by Crippen LogP contribution is -2.48. The molecule has 11 heteroatoms. The first-order chi connectivity index (χ1) is 16.3. The van der Waals surface area contributed by atoms with Gasteiger partial charge < -0.3 is 18.9 Å². The molecule has 0 unspecified atom stereocenters. The van der Waals surface area contributed by atoms with Gasteiger partial charge in [0.25, 0.3) is 11.8 Å². The van der Waals surface area contributed by atoms with E-state index in [0.29, 0.717) is 17.0 Å². The third-order valence-electron chi connectivity index (χ3n) is 5.07. The van der Waals surface area contributed by atoms with Gasteiger partial charge in [0.05, 0.1) is 45.6 Å². The molecule has 180 valence electrons. The summed E-state index contributed by atoms with van der Waals surface area (Å²) in [6.07, 6.45) is -0.159. The van der Waals surface area contributed by atoms with Crippen LogP contribution in [0.4, 0.5) is 5.69 Å². The lowest BCUT2D eigenvalue weighted by Gasteiger charge is -2.17. The van der Waals surface area contributed by atoms with E-state index >= 15 is 0 Å². The van der Waals surface area contributed by atoms with Crippen molar-refractivity contribution in [3.8, 4) is 17.2 Å². The van der Waals surface area contributed by atoms with Gasteiger partial charge in [0.1, 0.15) is 6.04 Å². The maximum atomic E-state index is 12.8. The van der Waals surface area contributed by atoms with Crippen molar-refractivity contribution in [3.63, 3.8) is 0 Å². The van der Waals surface area contributed by atoms with Gasteiger partial charge in [-0.25, -0.2) is 15.1 Å². The van der Waals surface area contributed by atoms with Crippen molar-refractivity contribution in [1.29, 1.82) is 0 Å². The summed E-state index contributed by atoms with van der Waals surface area (Å²) < 4.78 is 20.6. The number of hydrogen-bond acceptors (Lipinski definition) is 9. The molecule has 0 aromatic heterocycles. The monoisotopic (exact) mass is 471 g/mol. The van der Waals surface area contributed by atoms with Gasteiger partial charge in [-0.05, 0) is 43.3 Å². The zero-order chi connectivity index (χ0) is 24.8. The van der Waals surface area contributed by atoms with Gasteiger partial charge in [-0.3, -0.25) is 19.8 Å². The standard InChI is InChI=1S/C23H25N3O8/c1-5-34-23(30)13-6-8-15(9-7-13)26-19(27)12-16(22(26)29)24-25-21(28)14-10-17(31-2)20(33-4)18(11-14)32-3/h6-11,16,24H,5,12H2,1-4H3,(H,25,28)/t16-/m0/s1. The van der Waals surface area contributed by atoms with E-state index in [1.54, 1.807) is 6.92 Å². The predicted molar refractivity (Wildman–Crippen MR) is 120 cm³/mol. The fourth-order valence-electron chi connectivity index (χ4n) is 3.41. The minimum Gasteiger partial charge on any atom is -0.493 e. The molecule has 11 nitrogen and oxygen atoms in total. The molecule has 2 aromatic rings. The van der Waals surface area contributed by atoms with E-state index in [9.17, 15) is 19.2 Å².